The maximum absolute atomic E-state index is 12.6. The highest BCUT2D eigenvalue weighted by atomic mass is 16.2. The molecule has 3 aliphatic rings. The fourth-order valence-corrected chi connectivity index (χ4v) is 3.91. The van der Waals surface area contributed by atoms with Crippen LogP contribution in [0.15, 0.2) is 0 Å². The summed E-state index contributed by atoms with van der Waals surface area (Å²) in [5.74, 6) is -1.45. The van der Waals surface area contributed by atoms with E-state index in [1.165, 1.54) is 13.5 Å². The van der Waals surface area contributed by atoms with Gasteiger partial charge in [-0.05, 0) is 31.6 Å². The Hall–Kier alpha value is -1.92. The van der Waals surface area contributed by atoms with Crippen LogP contribution in [0.25, 0.3) is 0 Å². The number of carbonyl (C=O) groups is 4. The summed E-state index contributed by atoms with van der Waals surface area (Å²) in [7, 11) is 1.26. The first-order valence-corrected chi connectivity index (χ1v) is 7.93. The molecule has 0 spiro atoms. The van der Waals surface area contributed by atoms with Crippen molar-refractivity contribution in [2.24, 2.45) is 5.92 Å². The highest BCUT2D eigenvalue weighted by Crippen LogP contribution is 2.35. The first-order valence-electron chi connectivity index (χ1n) is 7.93. The summed E-state index contributed by atoms with van der Waals surface area (Å²) in [6.45, 7) is 0.358. The Kier molecular flexibility index (Phi) is 3.88. The third kappa shape index (κ3) is 2.38. The largest absolute Gasteiger partial charge is 0.338 e. The van der Waals surface area contributed by atoms with Crippen molar-refractivity contribution in [2.45, 2.75) is 44.6 Å². The van der Waals surface area contributed by atoms with Crippen molar-refractivity contribution < 1.29 is 19.2 Å². The predicted octanol–water partition coefficient (Wildman–Crippen LogP) is 0.588. The first-order chi connectivity index (χ1) is 10.5. The molecule has 1 saturated carbocycles. The maximum atomic E-state index is 12.6. The van der Waals surface area contributed by atoms with Crippen molar-refractivity contribution in [3.8, 4) is 0 Å². The van der Waals surface area contributed by atoms with Crippen LogP contribution in [-0.2, 0) is 14.4 Å². The summed E-state index contributed by atoms with van der Waals surface area (Å²) >= 11 is 0. The Morgan fingerprint density at radius 3 is 2.41 bits per heavy atom. The minimum atomic E-state index is -0.905. The number of likely N-dealkylation sites (tertiary alicyclic amines) is 1. The molecule has 0 aromatic rings. The van der Waals surface area contributed by atoms with Crippen LogP contribution in [0.3, 0.4) is 0 Å². The number of carbonyl (C=O) groups excluding carboxylic acids is 4. The lowest BCUT2D eigenvalue weighted by Gasteiger charge is -2.44. The fraction of sp³-hybridized carbons (Fsp3) is 0.733. The smallest absolute Gasteiger partial charge is 0.334 e. The van der Waals surface area contributed by atoms with Gasteiger partial charge in [0.15, 0.2) is 0 Å². The number of hydrogen-bond acceptors (Lipinski definition) is 4. The predicted molar refractivity (Wildman–Crippen MR) is 76.6 cm³/mol. The molecule has 7 heteroatoms. The van der Waals surface area contributed by atoms with E-state index in [-0.39, 0.29) is 18.5 Å². The van der Waals surface area contributed by atoms with E-state index < -0.39 is 17.8 Å². The van der Waals surface area contributed by atoms with Crippen molar-refractivity contribution in [3.63, 3.8) is 0 Å². The molecule has 0 aromatic carbocycles. The lowest BCUT2D eigenvalue weighted by Crippen LogP contribution is -2.53. The molecule has 5 amide bonds. The first kappa shape index (κ1) is 15.0. The van der Waals surface area contributed by atoms with Gasteiger partial charge in [-0.3, -0.25) is 19.3 Å². The van der Waals surface area contributed by atoms with Gasteiger partial charge in [0, 0.05) is 19.6 Å². The Balaban J connectivity index is 1.70. The second-order valence-electron chi connectivity index (χ2n) is 6.38. The van der Waals surface area contributed by atoms with Crippen molar-refractivity contribution in [1.82, 2.24) is 14.7 Å². The molecule has 0 N–H and O–H groups in total. The van der Waals surface area contributed by atoms with Gasteiger partial charge < -0.3 is 4.90 Å². The Bertz CT molecular complexity index is 531. The topological polar surface area (TPSA) is 78.0 Å². The highest BCUT2D eigenvalue weighted by molar-refractivity contribution is 6.44. The molecular weight excluding hydrogens is 286 g/mol. The number of rotatable bonds is 2. The van der Waals surface area contributed by atoms with Crippen LogP contribution in [0.2, 0.25) is 0 Å². The molecule has 7 nitrogen and oxygen atoms in total. The van der Waals surface area contributed by atoms with Crippen LogP contribution < -0.4 is 0 Å². The van der Waals surface area contributed by atoms with Crippen molar-refractivity contribution in [3.05, 3.63) is 0 Å². The molecule has 2 atom stereocenters. The van der Waals surface area contributed by atoms with Crippen LogP contribution in [0, 0.1) is 5.92 Å². The van der Waals surface area contributed by atoms with Crippen LogP contribution in [-0.4, -0.2) is 64.6 Å². The number of piperidine rings is 1. The number of likely N-dealkylation sites (N-methyl/N-ethyl adjacent to an activating group) is 1. The van der Waals surface area contributed by atoms with Crippen LogP contribution >= 0.6 is 0 Å². The number of amides is 5. The number of nitrogens with zero attached hydrogens (tertiary/aromatic N) is 3. The zero-order chi connectivity index (χ0) is 15.9. The molecule has 0 aromatic heterocycles. The molecule has 1 aliphatic carbocycles. The maximum Gasteiger partial charge on any atom is 0.334 e. The third-order valence-corrected chi connectivity index (χ3v) is 5.11. The van der Waals surface area contributed by atoms with Crippen LogP contribution in [0.1, 0.15) is 38.5 Å². The Morgan fingerprint density at radius 2 is 1.73 bits per heavy atom. The van der Waals surface area contributed by atoms with Crippen LogP contribution in [0.5, 0.6) is 0 Å². The van der Waals surface area contributed by atoms with Gasteiger partial charge in [0.05, 0.1) is 0 Å². The normalized spacial score (nSPS) is 29.1. The summed E-state index contributed by atoms with van der Waals surface area (Å²) in [5, 5.41) is 0. The highest BCUT2D eigenvalue weighted by Gasteiger charge is 2.44. The zero-order valence-electron chi connectivity index (χ0n) is 12.8. The van der Waals surface area contributed by atoms with Gasteiger partial charge in [-0.2, -0.15) is 0 Å². The van der Waals surface area contributed by atoms with E-state index >= 15 is 0 Å². The Morgan fingerprint density at radius 1 is 1.05 bits per heavy atom. The van der Waals surface area contributed by atoms with E-state index in [2.05, 4.69) is 0 Å². The molecule has 0 bridgehead atoms. The monoisotopic (exact) mass is 307 g/mol. The fourth-order valence-electron chi connectivity index (χ4n) is 3.91. The van der Waals surface area contributed by atoms with E-state index in [9.17, 15) is 19.2 Å². The molecule has 2 heterocycles. The molecule has 2 saturated heterocycles. The second-order valence-corrected chi connectivity index (χ2v) is 6.38. The van der Waals surface area contributed by atoms with E-state index in [1.807, 2.05) is 4.90 Å². The average molecular weight is 307 g/mol. The molecule has 22 heavy (non-hydrogen) atoms. The lowest BCUT2D eigenvalue weighted by atomic mass is 9.78. The van der Waals surface area contributed by atoms with Crippen LogP contribution in [0.4, 0.5) is 4.79 Å². The minimum absolute atomic E-state index is 0.221. The summed E-state index contributed by atoms with van der Waals surface area (Å²) < 4.78 is 0. The van der Waals surface area contributed by atoms with Gasteiger partial charge in [0.1, 0.15) is 6.54 Å². The third-order valence-electron chi connectivity index (χ3n) is 5.11. The standard InChI is InChI=1S/C15H21N3O4/c1-16-13(20)14(21)18(15(16)22)9-12(19)17-8-4-6-10-5-2-3-7-11(10)17/h10-11H,2-9H2,1H3/t10-,11-/m1/s1. The summed E-state index contributed by atoms with van der Waals surface area (Å²) in [6, 6.07) is -0.475. The van der Waals surface area contributed by atoms with Gasteiger partial charge in [0.2, 0.25) is 5.91 Å². The average Bonchev–Trinajstić information content (AvgIpc) is 2.72. The molecular formula is C15H21N3O4. The quantitative estimate of drug-likeness (QED) is 0.552. The molecule has 120 valence electrons. The molecule has 2 aliphatic heterocycles. The number of urea groups is 1. The van der Waals surface area contributed by atoms with Gasteiger partial charge >= 0.3 is 17.8 Å². The Labute approximate surface area is 129 Å². The molecule has 0 unspecified atom stereocenters. The SMILES string of the molecule is CN1C(=O)C(=O)N(CC(=O)N2CCC[C@H]3CCCC[C@H]32)C1=O. The van der Waals surface area contributed by atoms with Gasteiger partial charge in [0.25, 0.3) is 0 Å². The second kappa shape index (κ2) is 5.70. The van der Waals surface area contributed by atoms with E-state index in [0.29, 0.717) is 12.5 Å². The van der Waals surface area contributed by atoms with Gasteiger partial charge in [-0.15, -0.1) is 0 Å². The summed E-state index contributed by atoms with van der Waals surface area (Å²) in [4.78, 5) is 51.1. The van der Waals surface area contributed by atoms with Crippen molar-refractivity contribution in [1.29, 1.82) is 0 Å². The summed E-state index contributed by atoms with van der Waals surface area (Å²) in [5.41, 5.74) is 0. The zero-order valence-corrected chi connectivity index (χ0v) is 12.8. The van der Waals surface area contributed by atoms with Gasteiger partial charge in [-0.25, -0.2) is 9.69 Å². The summed E-state index contributed by atoms with van der Waals surface area (Å²) in [6.07, 6.45) is 6.60. The lowest BCUT2D eigenvalue weighted by molar-refractivity contribution is -0.146. The van der Waals surface area contributed by atoms with Crippen molar-refractivity contribution >= 4 is 23.8 Å². The van der Waals surface area contributed by atoms with Gasteiger partial charge in [-0.1, -0.05) is 12.8 Å². The van der Waals surface area contributed by atoms with E-state index in [0.717, 1.165) is 41.9 Å². The molecule has 3 fully saturated rings. The minimum Gasteiger partial charge on any atom is -0.338 e. The van der Waals surface area contributed by atoms with Crippen molar-refractivity contribution in [2.75, 3.05) is 20.1 Å². The number of fused-ring (bicyclic) bond motifs is 1. The molecule has 0 radical (unpaired) electrons. The number of hydrogen-bond donors (Lipinski definition) is 0. The van der Waals surface area contributed by atoms with E-state index in [4.69, 9.17) is 0 Å². The molecule has 3 rings (SSSR count). The van der Waals surface area contributed by atoms with E-state index in [1.54, 1.807) is 0 Å². The number of imide groups is 2.